The number of anilines is 1. The predicted molar refractivity (Wildman–Crippen MR) is 77.8 cm³/mol. The van der Waals surface area contributed by atoms with Crippen LogP contribution in [0.2, 0.25) is 0 Å². The summed E-state index contributed by atoms with van der Waals surface area (Å²) < 4.78 is 15.6. The summed E-state index contributed by atoms with van der Waals surface area (Å²) in [7, 11) is 1.29. The maximum atomic E-state index is 12.4. The van der Waals surface area contributed by atoms with Gasteiger partial charge in [-0.1, -0.05) is 12.1 Å². The molecular formula is C16H15NO5. The first-order chi connectivity index (χ1) is 10.6. The molecule has 6 nitrogen and oxygen atoms in total. The fourth-order valence-electron chi connectivity index (χ4n) is 2.35. The van der Waals surface area contributed by atoms with Gasteiger partial charge in [-0.05, 0) is 31.2 Å². The molecule has 0 aliphatic carbocycles. The number of carbonyl (C=O) groups is 2. The molecule has 0 bridgehead atoms. The lowest BCUT2D eigenvalue weighted by molar-refractivity contribution is -0.125. The zero-order chi connectivity index (χ0) is 15.7. The molecule has 3 rings (SSSR count). The number of hydrogen-bond donors (Lipinski definition) is 0. The van der Waals surface area contributed by atoms with Gasteiger partial charge in [0.2, 0.25) is 5.76 Å². The first kappa shape index (κ1) is 14.2. The minimum absolute atomic E-state index is 0.111. The van der Waals surface area contributed by atoms with Gasteiger partial charge in [0.15, 0.2) is 6.10 Å². The summed E-state index contributed by atoms with van der Waals surface area (Å²) in [5.41, 5.74) is 0.682. The van der Waals surface area contributed by atoms with Crippen molar-refractivity contribution < 1.29 is 23.5 Å². The second-order valence-electron chi connectivity index (χ2n) is 4.91. The molecule has 1 atom stereocenters. The minimum atomic E-state index is -0.565. The van der Waals surface area contributed by atoms with Crippen molar-refractivity contribution in [1.82, 2.24) is 0 Å². The van der Waals surface area contributed by atoms with E-state index >= 15 is 0 Å². The molecule has 0 spiro atoms. The number of rotatable bonds is 3. The van der Waals surface area contributed by atoms with Crippen LogP contribution in [0.25, 0.3) is 0 Å². The number of para-hydroxylation sites is 2. The lowest BCUT2D eigenvalue weighted by atomic mass is 10.2. The average molecular weight is 301 g/mol. The third-order valence-electron chi connectivity index (χ3n) is 3.44. The molecular weight excluding hydrogens is 286 g/mol. The molecule has 1 amide bonds. The summed E-state index contributed by atoms with van der Waals surface area (Å²) >= 11 is 0. The molecule has 1 aromatic heterocycles. The number of fused-ring (bicyclic) bond motifs is 1. The van der Waals surface area contributed by atoms with Crippen LogP contribution in [0.3, 0.4) is 0 Å². The molecule has 114 valence electrons. The second kappa shape index (κ2) is 5.55. The molecule has 0 N–H and O–H groups in total. The van der Waals surface area contributed by atoms with E-state index in [4.69, 9.17) is 9.15 Å². The number of ether oxygens (including phenoxy) is 2. The smallest absolute Gasteiger partial charge is 0.373 e. The van der Waals surface area contributed by atoms with Gasteiger partial charge in [-0.2, -0.15) is 0 Å². The molecule has 1 aromatic carbocycles. The van der Waals surface area contributed by atoms with E-state index < -0.39 is 12.1 Å². The largest absolute Gasteiger partial charge is 0.479 e. The van der Waals surface area contributed by atoms with Gasteiger partial charge in [-0.3, -0.25) is 9.69 Å². The number of esters is 1. The van der Waals surface area contributed by atoms with Gasteiger partial charge < -0.3 is 13.9 Å². The standard InChI is InChI=1S/C16H15NO5/c1-10-15(18)17(12-5-3-4-6-13(12)21-10)9-11-7-8-14(22-11)16(19)20-2/h3-8,10H,9H2,1-2H3. The highest BCUT2D eigenvalue weighted by molar-refractivity contribution is 5.99. The lowest BCUT2D eigenvalue weighted by Crippen LogP contribution is -2.43. The Bertz CT molecular complexity index is 721. The highest BCUT2D eigenvalue weighted by Crippen LogP contribution is 2.34. The normalized spacial score (nSPS) is 16.9. The Hall–Kier alpha value is -2.76. The fraction of sp³-hybridized carbons (Fsp3) is 0.250. The lowest BCUT2D eigenvalue weighted by Gasteiger charge is -2.32. The monoisotopic (exact) mass is 301 g/mol. The summed E-state index contributed by atoms with van der Waals surface area (Å²) in [6, 6.07) is 10.5. The molecule has 2 heterocycles. The zero-order valence-corrected chi connectivity index (χ0v) is 12.2. The predicted octanol–water partition coefficient (Wildman–Crippen LogP) is 2.38. The summed E-state index contributed by atoms with van der Waals surface area (Å²) in [5.74, 6) is 0.551. The van der Waals surface area contributed by atoms with Crippen molar-refractivity contribution in [3.63, 3.8) is 0 Å². The maximum absolute atomic E-state index is 12.4. The van der Waals surface area contributed by atoms with Gasteiger partial charge in [0.25, 0.3) is 5.91 Å². The van der Waals surface area contributed by atoms with Gasteiger partial charge >= 0.3 is 5.97 Å². The number of carbonyl (C=O) groups excluding carboxylic acids is 2. The number of amides is 1. The first-order valence-corrected chi connectivity index (χ1v) is 6.84. The summed E-state index contributed by atoms with van der Waals surface area (Å²) in [6.07, 6.45) is -0.565. The van der Waals surface area contributed by atoms with Gasteiger partial charge in [-0.15, -0.1) is 0 Å². The molecule has 0 fully saturated rings. The van der Waals surface area contributed by atoms with Crippen LogP contribution < -0.4 is 9.64 Å². The molecule has 1 unspecified atom stereocenters. The van der Waals surface area contributed by atoms with Gasteiger partial charge in [0.05, 0.1) is 19.3 Å². The van der Waals surface area contributed by atoms with E-state index in [2.05, 4.69) is 4.74 Å². The highest BCUT2D eigenvalue weighted by atomic mass is 16.5. The molecule has 6 heteroatoms. The van der Waals surface area contributed by atoms with Crippen LogP contribution in [0, 0.1) is 0 Å². The minimum Gasteiger partial charge on any atom is -0.479 e. The average Bonchev–Trinajstić information content (AvgIpc) is 2.99. The molecule has 2 aromatic rings. The van der Waals surface area contributed by atoms with Crippen LogP contribution in [-0.4, -0.2) is 25.1 Å². The topological polar surface area (TPSA) is 69.0 Å². The van der Waals surface area contributed by atoms with Crippen LogP contribution in [0.4, 0.5) is 5.69 Å². The van der Waals surface area contributed by atoms with Crippen molar-refractivity contribution in [2.45, 2.75) is 19.6 Å². The summed E-state index contributed by atoms with van der Waals surface area (Å²) in [6.45, 7) is 1.92. The Morgan fingerprint density at radius 3 is 2.82 bits per heavy atom. The van der Waals surface area contributed by atoms with Crippen LogP contribution >= 0.6 is 0 Å². The van der Waals surface area contributed by atoms with Crippen LogP contribution in [0.5, 0.6) is 5.75 Å². The Balaban J connectivity index is 1.89. The Labute approximate surface area is 127 Å². The van der Waals surface area contributed by atoms with E-state index in [1.165, 1.54) is 13.2 Å². The molecule has 0 saturated carbocycles. The molecule has 1 aliphatic heterocycles. The fourth-order valence-corrected chi connectivity index (χ4v) is 2.35. The Kier molecular flexibility index (Phi) is 3.58. The summed E-state index contributed by atoms with van der Waals surface area (Å²) in [4.78, 5) is 25.4. The third kappa shape index (κ3) is 2.43. The van der Waals surface area contributed by atoms with Crippen LogP contribution in [-0.2, 0) is 16.1 Å². The van der Waals surface area contributed by atoms with Crippen molar-refractivity contribution in [2.75, 3.05) is 12.0 Å². The van der Waals surface area contributed by atoms with Crippen molar-refractivity contribution in [3.8, 4) is 5.75 Å². The Morgan fingerprint density at radius 1 is 1.27 bits per heavy atom. The van der Waals surface area contributed by atoms with E-state index in [1.54, 1.807) is 17.9 Å². The van der Waals surface area contributed by atoms with Crippen LogP contribution in [0.1, 0.15) is 23.2 Å². The van der Waals surface area contributed by atoms with Crippen molar-refractivity contribution in [1.29, 1.82) is 0 Å². The van der Waals surface area contributed by atoms with E-state index in [1.807, 2.05) is 24.3 Å². The maximum Gasteiger partial charge on any atom is 0.373 e. The Morgan fingerprint density at radius 2 is 2.05 bits per heavy atom. The second-order valence-corrected chi connectivity index (χ2v) is 4.91. The molecule has 0 radical (unpaired) electrons. The van der Waals surface area contributed by atoms with Crippen molar-refractivity contribution >= 4 is 17.6 Å². The van der Waals surface area contributed by atoms with E-state index in [-0.39, 0.29) is 18.2 Å². The van der Waals surface area contributed by atoms with E-state index in [0.717, 1.165) is 0 Å². The van der Waals surface area contributed by atoms with Crippen LogP contribution in [0.15, 0.2) is 40.8 Å². The SMILES string of the molecule is COC(=O)c1ccc(CN2C(=O)C(C)Oc3ccccc32)o1. The first-order valence-electron chi connectivity index (χ1n) is 6.84. The number of hydrogen-bond acceptors (Lipinski definition) is 5. The number of benzene rings is 1. The van der Waals surface area contributed by atoms with Crippen molar-refractivity contribution in [3.05, 3.63) is 47.9 Å². The summed E-state index contributed by atoms with van der Waals surface area (Å²) in [5, 5.41) is 0. The molecule has 22 heavy (non-hydrogen) atoms. The number of methoxy groups -OCH3 is 1. The van der Waals surface area contributed by atoms with Gasteiger partial charge in [0.1, 0.15) is 11.5 Å². The van der Waals surface area contributed by atoms with Gasteiger partial charge in [-0.25, -0.2) is 4.79 Å². The number of furan rings is 1. The van der Waals surface area contributed by atoms with Gasteiger partial charge in [0, 0.05) is 0 Å². The highest BCUT2D eigenvalue weighted by Gasteiger charge is 2.31. The third-order valence-corrected chi connectivity index (χ3v) is 3.44. The van der Waals surface area contributed by atoms with E-state index in [0.29, 0.717) is 17.2 Å². The van der Waals surface area contributed by atoms with Crippen molar-refractivity contribution in [2.24, 2.45) is 0 Å². The van der Waals surface area contributed by atoms with E-state index in [9.17, 15) is 9.59 Å². The molecule has 0 saturated heterocycles. The zero-order valence-electron chi connectivity index (χ0n) is 12.2. The molecule has 1 aliphatic rings. The number of nitrogens with zero attached hydrogens (tertiary/aromatic N) is 1. The quantitative estimate of drug-likeness (QED) is 0.814.